The molecule has 2 aromatic rings. The fourth-order valence-electron chi connectivity index (χ4n) is 2.15. The molecule has 0 aliphatic carbocycles. The fraction of sp³-hybridized carbons (Fsp3) is 0.133. The number of amidine groups is 1. The summed E-state index contributed by atoms with van der Waals surface area (Å²) in [4.78, 5) is 1.97. The molecule has 1 aliphatic rings. The maximum atomic E-state index is 10.4. The van der Waals surface area contributed by atoms with Gasteiger partial charge in [0.15, 0.2) is 5.84 Å². The average molecular weight is 253 g/mol. The third kappa shape index (κ3) is 2.30. The minimum absolute atomic E-state index is 0.573. The van der Waals surface area contributed by atoms with Crippen LogP contribution in [0.15, 0.2) is 65.8 Å². The Balaban J connectivity index is 1.88. The molecule has 2 N–H and O–H groups in total. The van der Waals surface area contributed by atoms with Crippen LogP contribution in [0.5, 0.6) is 0 Å². The maximum Gasteiger partial charge on any atom is 0.164 e. The van der Waals surface area contributed by atoms with Crippen molar-refractivity contribution in [3.63, 3.8) is 0 Å². The van der Waals surface area contributed by atoms with Gasteiger partial charge in [-0.1, -0.05) is 48.5 Å². The maximum absolute atomic E-state index is 10.4. The van der Waals surface area contributed by atoms with E-state index in [0.717, 1.165) is 11.3 Å². The molecule has 0 spiro atoms. The highest BCUT2D eigenvalue weighted by atomic mass is 16.3. The summed E-state index contributed by atoms with van der Waals surface area (Å²) in [6.07, 6.45) is -0.726. The lowest BCUT2D eigenvalue weighted by Crippen LogP contribution is -2.33. The largest absolute Gasteiger partial charge is 0.380 e. The first-order chi connectivity index (χ1) is 9.36. The summed E-state index contributed by atoms with van der Waals surface area (Å²) >= 11 is 0. The van der Waals surface area contributed by atoms with Gasteiger partial charge < -0.3 is 10.0 Å². The number of nitrogens with one attached hydrogen (secondary N) is 1. The van der Waals surface area contributed by atoms with E-state index in [1.807, 2.05) is 65.6 Å². The normalized spacial score (nSPS) is 15.8. The molecular formula is C15H15N3O. The summed E-state index contributed by atoms with van der Waals surface area (Å²) in [5.41, 5.74) is 4.78. The van der Waals surface area contributed by atoms with E-state index in [0.29, 0.717) is 12.5 Å². The molecule has 1 heterocycles. The highest BCUT2D eigenvalue weighted by Gasteiger charge is 2.26. The predicted octanol–water partition coefficient (Wildman–Crippen LogP) is 2.10. The number of para-hydroxylation sites is 1. The first kappa shape index (κ1) is 11.7. The monoisotopic (exact) mass is 253 g/mol. The molecule has 1 unspecified atom stereocenters. The van der Waals surface area contributed by atoms with Gasteiger partial charge in [-0.15, -0.1) is 0 Å². The Morgan fingerprint density at radius 3 is 2.32 bits per heavy atom. The molecule has 4 nitrogen and oxygen atoms in total. The number of hydrazone groups is 1. The molecule has 4 heteroatoms. The standard InChI is InChI=1S/C15H15N3O/c19-14(12-7-3-1-4-8-12)15-17-16-11-18(15)13-9-5-2-6-10-13/h1-10,14,16,19H,11H2. The summed E-state index contributed by atoms with van der Waals surface area (Å²) in [7, 11) is 0. The lowest BCUT2D eigenvalue weighted by molar-refractivity contribution is 0.246. The number of aliphatic hydroxyl groups excluding tert-OH is 1. The number of nitrogens with zero attached hydrogens (tertiary/aromatic N) is 2. The number of benzene rings is 2. The highest BCUT2D eigenvalue weighted by molar-refractivity contribution is 6.02. The van der Waals surface area contributed by atoms with Gasteiger partial charge in [-0.3, -0.25) is 5.43 Å². The molecule has 96 valence electrons. The van der Waals surface area contributed by atoms with Gasteiger partial charge in [-0.05, 0) is 17.7 Å². The Kier molecular flexibility index (Phi) is 3.16. The minimum Gasteiger partial charge on any atom is -0.380 e. The molecule has 2 aromatic carbocycles. The van der Waals surface area contributed by atoms with Crippen LogP contribution in [0.25, 0.3) is 0 Å². The second kappa shape index (κ2) is 5.12. The lowest BCUT2D eigenvalue weighted by atomic mass is 10.1. The van der Waals surface area contributed by atoms with Crippen LogP contribution in [0, 0.1) is 0 Å². The van der Waals surface area contributed by atoms with Crippen LogP contribution in [0.4, 0.5) is 5.69 Å². The lowest BCUT2D eigenvalue weighted by Gasteiger charge is -2.22. The molecular weight excluding hydrogens is 238 g/mol. The topological polar surface area (TPSA) is 47.9 Å². The van der Waals surface area contributed by atoms with E-state index in [1.165, 1.54) is 0 Å². The molecule has 0 fully saturated rings. The van der Waals surface area contributed by atoms with E-state index in [-0.39, 0.29) is 0 Å². The van der Waals surface area contributed by atoms with Gasteiger partial charge in [-0.2, -0.15) is 5.10 Å². The van der Waals surface area contributed by atoms with E-state index in [2.05, 4.69) is 10.5 Å². The Hall–Kier alpha value is -2.33. The van der Waals surface area contributed by atoms with Crippen molar-refractivity contribution in [3.05, 3.63) is 66.2 Å². The van der Waals surface area contributed by atoms with Gasteiger partial charge in [0.2, 0.25) is 0 Å². The van der Waals surface area contributed by atoms with Crippen molar-refractivity contribution in [2.75, 3.05) is 11.6 Å². The molecule has 3 rings (SSSR count). The zero-order valence-corrected chi connectivity index (χ0v) is 10.4. The Bertz CT molecular complexity index is 568. The second-order valence-electron chi connectivity index (χ2n) is 4.36. The van der Waals surface area contributed by atoms with Crippen molar-refractivity contribution < 1.29 is 5.11 Å². The van der Waals surface area contributed by atoms with Crippen molar-refractivity contribution in [3.8, 4) is 0 Å². The highest BCUT2D eigenvalue weighted by Crippen LogP contribution is 2.23. The quantitative estimate of drug-likeness (QED) is 0.880. The van der Waals surface area contributed by atoms with E-state index < -0.39 is 6.10 Å². The number of anilines is 1. The first-order valence-corrected chi connectivity index (χ1v) is 6.22. The van der Waals surface area contributed by atoms with Crippen molar-refractivity contribution >= 4 is 11.5 Å². The van der Waals surface area contributed by atoms with Crippen molar-refractivity contribution in [2.45, 2.75) is 6.10 Å². The summed E-state index contributed by atoms with van der Waals surface area (Å²) in [6, 6.07) is 19.5. The average Bonchev–Trinajstić information content (AvgIpc) is 2.98. The Morgan fingerprint density at radius 2 is 1.63 bits per heavy atom. The van der Waals surface area contributed by atoms with Crippen LogP contribution in [-0.2, 0) is 0 Å². The molecule has 0 amide bonds. The SMILES string of the molecule is OC(C1=NNCN1c1ccccc1)c1ccccc1. The zero-order valence-electron chi connectivity index (χ0n) is 10.4. The first-order valence-electron chi connectivity index (χ1n) is 6.22. The Labute approximate surface area is 112 Å². The number of hydrogen-bond donors (Lipinski definition) is 2. The third-order valence-corrected chi connectivity index (χ3v) is 3.13. The summed E-state index contributed by atoms with van der Waals surface area (Å²) in [5.74, 6) is 0.623. The summed E-state index contributed by atoms with van der Waals surface area (Å²) in [5, 5.41) is 14.7. The van der Waals surface area contributed by atoms with Gasteiger partial charge in [0.05, 0.1) is 0 Å². The summed E-state index contributed by atoms with van der Waals surface area (Å²) in [6.45, 7) is 0.573. The van der Waals surface area contributed by atoms with Crippen LogP contribution >= 0.6 is 0 Å². The van der Waals surface area contributed by atoms with Crippen LogP contribution in [-0.4, -0.2) is 17.6 Å². The van der Waals surface area contributed by atoms with Crippen LogP contribution in [0.3, 0.4) is 0 Å². The Morgan fingerprint density at radius 1 is 1.00 bits per heavy atom. The number of hydrogen-bond acceptors (Lipinski definition) is 4. The van der Waals surface area contributed by atoms with Crippen LogP contribution in [0.1, 0.15) is 11.7 Å². The van der Waals surface area contributed by atoms with Gasteiger partial charge >= 0.3 is 0 Å². The fourth-order valence-corrected chi connectivity index (χ4v) is 2.15. The van der Waals surface area contributed by atoms with E-state index in [4.69, 9.17) is 0 Å². The van der Waals surface area contributed by atoms with Gasteiger partial charge in [-0.25, -0.2) is 0 Å². The van der Waals surface area contributed by atoms with Crippen LogP contribution < -0.4 is 10.3 Å². The zero-order chi connectivity index (χ0) is 13.1. The van der Waals surface area contributed by atoms with E-state index >= 15 is 0 Å². The smallest absolute Gasteiger partial charge is 0.164 e. The van der Waals surface area contributed by atoms with Gasteiger partial charge in [0.25, 0.3) is 0 Å². The van der Waals surface area contributed by atoms with E-state index in [1.54, 1.807) is 0 Å². The van der Waals surface area contributed by atoms with E-state index in [9.17, 15) is 5.11 Å². The third-order valence-electron chi connectivity index (χ3n) is 3.13. The number of aliphatic hydroxyl groups is 1. The van der Waals surface area contributed by atoms with Crippen LogP contribution in [0.2, 0.25) is 0 Å². The second-order valence-corrected chi connectivity index (χ2v) is 4.36. The molecule has 0 saturated carbocycles. The molecule has 0 bridgehead atoms. The molecule has 1 atom stereocenters. The van der Waals surface area contributed by atoms with Crippen molar-refractivity contribution in [1.29, 1.82) is 0 Å². The summed E-state index contributed by atoms with van der Waals surface area (Å²) < 4.78 is 0. The molecule has 0 radical (unpaired) electrons. The van der Waals surface area contributed by atoms with Gasteiger partial charge in [0.1, 0.15) is 12.8 Å². The molecule has 0 aromatic heterocycles. The molecule has 1 aliphatic heterocycles. The van der Waals surface area contributed by atoms with Crippen molar-refractivity contribution in [1.82, 2.24) is 5.43 Å². The van der Waals surface area contributed by atoms with Gasteiger partial charge in [0, 0.05) is 5.69 Å². The molecule has 19 heavy (non-hydrogen) atoms. The molecule has 0 saturated heterocycles. The minimum atomic E-state index is -0.726. The van der Waals surface area contributed by atoms with Crippen molar-refractivity contribution in [2.24, 2.45) is 5.10 Å². The number of rotatable bonds is 3. The predicted molar refractivity (Wildman–Crippen MR) is 75.8 cm³/mol.